The molecule has 3 heterocycles. The molecule has 0 aromatic carbocycles. The van der Waals surface area contributed by atoms with Crippen molar-refractivity contribution in [2.24, 2.45) is 0 Å². The maximum Gasteiger partial charge on any atom is 0.260 e. The Labute approximate surface area is 126 Å². The van der Waals surface area contributed by atoms with Crippen LogP contribution in [0.25, 0.3) is 0 Å². The fraction of sp³-hybridized carbons (Fsp3) is 0.643. The minimum Gasteiger partial charge on any atom is -0.383 e. The number of fused-ring (bicyclic) bond motifs is 1. The maximum absolute atomic E-state index is 12.6. The van der Waals surface area contributed by atoms with Crippen LogP contribution in [0.4, 0.5) is 5.69 Å². The molecule has 21 heavy (non-hydrogen) atoms. The number of pyridine rings is 1. The van der Waals surface area contributed by atoms with E-state index in [9.17, 15) is 8.42 Å². The van der Waals surface area contributed by atoms with Gasteiger partial charge < -0.3 is 5.32 Å². The standard InChI is InChI=1S/C14H22N4O2S/c1-2-15-12-5-3-8-16-14(12)21(19,20)17-11-7-10-18-9-4-6-13(11)18/h3,5,8,11,13,15,17H,2,4,6-7,9-10H2,1H3. The Morgan fingerprint density at radius 3 is 3.05 bits per heavy atom. The highest BCUT2D eigenvalue weighted by atomic mass is 32.2. The molecule has 116 valence electrons. The van der Waals surface area contributed by atoms with Crippen LogP contribution in [0.1, 0.15) is 26.2 Å². The summed E-state index contributed by atoms with van der Waals surface area (Å²) in [5.74, 6) is 0. The van der Waals surface area contributed by atoms with Crippen molar-refractivity contribution >= 4 is 15.7 Å². The Morgan fingerprint density at radius 2 is 2.24 bits per heavy atom. The van der Waals surface area contributed by atoms with Crippen LogP contribution in [0.3, 0.4) is 0 Å². The van der Waals surface area contributed by atoms with Gasteiger partial charge in [-0.1, -0.05) is 0 Å². The summed E-state index contributed by atoms with van der Waals surface area (Å²) in [5, 5.41) is 3.16. The summed E-state index contributed by atoms with van der Waals surface area (Å²) in [6.45, 7) is 4.67. The second-order valence-corrected chi connectivity index (χ2v) is 7.28. The zero-order chi connectivity index (χ0) is 14.9. The van der Waals surface area contributed by atoms with Crippen molar-refractivity contribution in [3.63, 3.8) is 0 Å². The smallest absolute Gasteiger partial charge is 0.260 e. The van der Waals surface area contributed by atoms with Gasteiger partial charge in [0.2, 0.25) is 0 Å². The Kier molecular flexibility index (Phi) is 4.14. The summed E-state index contributed by atoms with van der Waals surface area (Å²) in [7, 11) is -3.59. The number of hydrogen-bond donors (Lipinski definition) is 2. The minimum absolute atomic E-state index is 0.00832. The first-order valence-corrected chi connectivity index (χ1v) is 9.05. The lowest BCUT2D eigenvalue weighted by Crippen LogP contribution is -2.42. The maximum atomic E-state index is 12.6. The Hall–Kier alpha value is -1.18. The highest BCUT2D eigenvalue weighted by Crippen LogP contribution is 2.29. The van der Waals surface area contributed by atoms with Crippen LogP contribution in [0.15, 0.2) is 23.4 Å². The van der Waals surface area contributed by atoms with Gasteiger partial charge in [0, 0.05) is 31.4 Å². The molecule has 0 amide bonds. The van der Waals surface area contributed by atoms with E-state index in [0.29, 0.717) is 18.3 Å². The van der Waals surface area contributed by atoms with Crippen molar-refractivity contribution in [3.05, 3.63) is 18.3 Å². The van der Waals surface area contributed by atoms with Crippen molar-refractivity contribution < 1.29 is 8.42 Å². The average Bonchev–Trinajstić information content (AvgIpc) is 3.05. The van der Waals surface area contributed by atoms with Crippen LogP contribution in [0.2, 0.25) is 0 Å². The first-order valence-electron chi connectivity index (χ1n) is 7.57. The van der Waals surface area contributed by atoms with E-state index in [1.54, 1.807) is 12.1 Å². The fourth-order valence-corrected chi connectivity index (χ4v) is 4.82. The monoisotopic (exact) mass is 310 g/mol. The third-order valence-corrected chi connectivity index (χ3v) is 5.75. The predicted octanol–water partition coefficient (Wildman–Crippen LogP) is 1.03. The molecule has 1 aromatic heterocycles. The molecule has 2 aliphatic heterocycles. The molecular formula is C14H22N4O2S. The number of rotatable bonds is 5. The van der Waals surface area contributed by atoms with E-state index in [4.69, 9.17) is 0 Å². The first-order chi connectivity index (χ1) is 10.1. The summed E-state index contributed by atoms with van der Waals surface area (Å²) >= 11 is 0. The van der Waals surface area contributed by atoms with Crippen molar-refractivity contribution in [3.8, 4) is 0 Å². The molecule has 0 radical (unpaired) electrons. The van der Waals surface area contributed by atoms with E-state index < -0.39 is 10.0 Å². The van der Waals surface area contributed by atoms with Crippen molar-refractivity contribution in [2.75, 3.05) is 25.0 Å². The van der Waals surface area contributed by atoms with Crippen LogP contribution in [0, 0.1) is 0 Å². The van der Waals surface area contributed by atoms with Gasteiger partial charge in [-0.05, 0) is 44.9 Å². The Bertz CT molecular complexity index is 605. The van der Waals surface area contributed by atoms with Gasteiger partial charge in [0.05, 0.1) is 5.69 Å². The average molecular weight is 310 g/mol. The van der Waals surface area contributed by atoms with E-state index in [2.05, 4.69) is 19.9 Å². The number of sulfonamides is 1. The van der Waals surface area contributed by atoms with Gasteiger partial charge in [0.25, 0.3) is 10.0 Å². The molecule has 2 unspecified atom stereocenters. The second-order valence-electron chi connectivity index (χ2n) is 5.65. The minimum atomic E-state index is -3.59. The number of hydrogen-bond acceptors (Lipinski definition) is 5. The third-order valence-electron chi connectivity index (χ3n) is 4.31. The topological polar surface area (TPSA) is 74.3 Å². The largest absolute Gasteiger partial charge is 0.383 e. The van der Waals surface area contributed by atoms with Gasteiger partial charge in [-0.3, -0.25) is 4.90 Å². The lowest BCUT2D eigenvalue weighted by molar-refractivity contribution is 0.309. The van der Waals surface area contributed by atoms with Crippen LogP contribution < -0.4 is 10.0 Å². The fourth-order valence-electron chi connectivity index (χ4n) is 3.41. The van der Waals surface area contributed by atoms with Gasteiger partial charge in [-0.25, -0.2) is 18.1 Å². The van der Waals surface area contributed by atoms with E-state index in [-0.39, 0.29) is 11.1 Å². The number of nitrogens with one attached hydrogen (secondary N) is 2. The van der Waals surface area contributed by atoms with Gasteiger partial charge in [0.1, 0.15) is 0 Å². The Morgan fingerprint density at radius 1 is 1.38 bits per heavy atom. The van der Waals surface area contributed by atoms with Gasteiger partial charge in [0.15, 0.2) is 5.03 Å². The van der Waals surface area contributed by atoms with Crippen molar-refractivity contribution in [1.82, 2.24) is 14.6 Å². The molecule has 2 saturated heterocycles. The summed E-state index contributed by atoms with van der Waals surface area (Å²) in [6, 6.07) is 3.85. The third kappa shape index (κ3) is 2.90. The van der Waals surface area contributed by atoms with Crippen LogP contribution >= 0.6 is 0 Å². The van der Waals surface area contributed by atoms with Crippen molar-refractivity contribution in [2.45, 2.75) is 43.3 Å². The molecule has 0 saturated carbocycles. The molecule has 0 aliphatic carbocycles. The lowest BCUT2D eigenvalue weighted by atomic mass is 10.1. The van der Waals surface area contributed by atoms with Gasteiger partial charge in [-0.2, -0.15) is 0 Å². The van der Waals surface area contributed by atoms with E-state index >= 15 is 0 Å². The van der Waals surface area contributed by atoms with Crippen LogP contribution in [0.5, 0.6) is 0 Å². The van der Waals surface area contributed by atoms with Gasteiger partial charge >= 0.3 is 0 Å². The summed E-state index contributed by atoms with van der Waals surface area (Å²) in [5.41, 5.74) is 0.564. The highest BCUT2D eigenvalue weighted by Gasteiger charge is 2.39. The van der Waals surface area contributed by atoms with E-state index in [0.717, 1.165) is 32.4 Å². The van der Waals surface area contributed by atoms with Gasteiger partial charge in [-0.15, -0.1) is 0 Å². The molecule has 2 aliphatic rings. The lowest BCUT2D eigenvalue weighted by Gasteiger charge is -2.21. The molecular weight excluding hydrogens is 288 g/mol. The highest BCUT2D eigenvalue weighted by molar-refractivity contribution is 7.89. The molecule has 0 spiro atoms. The van der Waals surface area contributed by atoms with E-state index in [1.807, 2.05) is 6.92 Å². The Balaban J connectivity index is 1.81. The normalized spacial score (nSPS) is 26.0. The molecule has 1 aromatic rings. The molecule has 2 fully saturated rings. The van der Waals surface area contributed by atoms with Crippen LogP contribution in [-0.2, 0) is 10.0 Å². The quantitative estimate of drug-likeness (QED) is 0.849. The molecule has 7 heteroatoms. The molecule has 2 N–H and O–H groups in total. The number of aromatic nitrogens is 1. The molecule has 0 bridgehead atoms. The SMILES string of the molecule is CCNc1cccnc1S(=O)(=O)NC1CCN2CCCC12. The molecule has 2 atom stereocenters. The molecule has 6 nitrogen and oxygen atoms in total. The zero-order valence-corrected chi connectivity index (χ0v) is 13.1. The summed E-state index contributed by atoms with van der Waals surface area (Å²) in [6.07, 6.45) is 4.64. The van der Waals surface area contributed by atoms with Crippen molar-refractivity contribution in [1.29, 1.82) is 0 Å². The van der Waals surface area contributed by atoms with E-state index in [1.165, 1.54) is 6.20 Å². The molecule has 3 rings (SSSR count). The first kappa shape index (κ1) is 14.7. The number of anilines is 1. The number of nitrogens with zero attached hydrogens (tertiary/aromatic N) is 2. The predicted molar refractivity (Wildman–Crippen MR) is 81.7 cm³/mol. The second kappa shape index (κ2) is 5.90. The van der Waals surface area contributed by atoms with Crippen LogP contribution in [-0.4, -0.2) is 50.0 Å². The summed E-state index contributed by atoms with van der Waals surface area (Å²) in [4.78, 5) is 6.46. The zero-order valence-electron chi connectivity index (χ0n) is 12.2. The summed E-state index contributed by atoms with van der Waals surface area (Å²) < 4.78 is 28.2.